The van der Waals surface area contributed by atoms with Crippen molar-refractivity contribution in [1.82, 2.24) is 4.90 Å². The van der Waals surface area contributed by atoms with Crippen LogP contribution in [0, 0.1) is 0 Å². The van der Waals surface area contributed by atoms with Gasteiger partial charge in [0.15, 0.2) is 0 Å². The van der Waals surface area contributed by atoms with Crippen molar-refractivity contribution < 1.29 is 14.3 Å². The van der Waals surface area contributed by atoms with Crippen molar-refractivity contribution in [2.45, 2.75) is 51.7 Å². The summed E-state index contributed by atoms with van der Waals surface area (Å²) in [5.41, 5.74) is 0.745. The van der Waals surface area contributed by atoms with E-state index in [1.165, 1.54) is 5.56 Å². The molecule has 0 aliphatic carbocycles. The highest BCUT2D eigenvalue weighted by atomic mass is 16.6. The van der Waals surface area contributed by atoms with Crippen molar-refractivity contribution in [1.29, 1.82) is 0 Å². The molecule has 1 aromatic carbocycles. The Morgan fingerprint density at radius 3 is 2.81 bits per heavy atom. The molecule has 0 spiro atoms. The lowest BCUT2D eigenvalue weighted by molar-refractivity contribution is 0.0227. The van der Waals surface area contributed by atoms with E-state index in [1.807, 2.05) is 43.9 Å². The summed E-state index contributed by atoms with van der Waals surface area (Å²) < 4.78 is 10.8. The maximum atomic E-state index is 12.3. The summed E-state index contributed by atoms with van der Waals surface area (Å²) in [6.07, 6.45) is 2.70. The van der Waals surface area contributed by atoms with Crippen LogP contribution in [0.3, 0.4) is 0 Å². The third-order valence-electron chi connectivity index (χ3n) is 3.61. The molecule has 1 amide bonds. The molecule has 4 heteroatoms. The summed E-state index contributed by atoms with van der Waals surface area (Å²) in [6, 6.07) is 8.25. The van der Waals surface area contributed by atoms with Crippen molar-refractivity contribution in [3.63, 3.8) is 0 Å². The standard InChI is InChI=1S/C17H25NO3/c1-17(2,3)21-16(19)18-10-6-8-14(18)11-13-7-5-9-15(12-13)20-4/h5,7,9,12,14H,6,8,10-11H2,1-4H3. The Morgan fingerprint density at radius 1 is 1.38 bits per heavy atom. The second-order valence-electron chi connectivity index (χ2n) is 6.53. The van der Waals surface area contributed by atoms with Crippen molar-refractivity contribution in [3.05, 3.63) is 29.8 Å². The third kappa shape index (κ3) is 4.38. The fraction of sp³-hybridized carbons (Fsp3) is 0.588. The largest absolute Gasteiger partial charge is 0.497 e. The molecule has 1 fully saturated rings. The van der Waals surface area contributed by atoms with Crippen LogP contribution in [0.4, 0.5) is 4.79 Å². The van der Waals surface area contributed by atoms with Crippen LogP contribution in [0.15, 0.2) is 24.3 Å². The van der Waals surface area contributed by atoms with Crippen molar-refractivity contribution >= 4 is 6.09 Å². The van der Waals surface area contributed by atoms with Crippen LogP contribution in [0.5, 0.6) is 5.75 Å². The highest BCUT2D eigenvalue weighted by Crippen LogP contribution is 2.25. The average molecular weight is 291 g/mol. The molecule has 1 aromatic rings. The summed E-state index contributed by atoms with van der Waals surface area (Å²) >= 11 is 0. The van der Waals surface area contributed by atoms with E-state index in [4.69, 9.17) is 9.47 Å². The van der Waals surface area contributed by atoms with Gasteiger partial charge in [-0.15, -0.1) is 0 Å². The Hall–Kier alpha value is -1.71. The molecular formula is C17H25NO3. The van der Waals surface area contributed by atoms with Crippen LogP contribution in [0.1, 0.15) is 39.2 Å². The maximum Gasteiger partial charge on any atom is 0.410 e. The number of hydrogen-bond acceptors (Lipinski definition) is 3. The zero-order chi connectivity index (χ0) is 15.5. The normalized spacial score (nSPS) is 18.7. The number of carbonyl (C=O) groups excluding carboxylic acids is 1. The van der Waals surface area contributed by atoms with Gasteiger partial charge < -0.3 is 14.4 Å². The molecule has 0 aromatic heterocycles. The first kappa shape index (κ1) is 15.7. The SMILES string of the molecule is COc1cccc(CC2CCCN2C(=O)OC(C)(C)C)c1. The molecule has 1 atom stereocenters. The minimum atomic E-state index is -0.444. The summed E-state index contributed by atoms with van der Waals surface area (Å²) in [6.45, 7) is 6.48. The zero-order valence-electron chi connectivity index (χ0n) is 13.4. The first-order valence-electron chi connectivity index (χ1n) is 7.51. The molecular weight excluding hydrogens is 266 g/mol. The second kappa shape index (κ2) is 6.37. The van der Waals surface area contributed by atoms with Gasteiger partial charge in [-0.05, 0) is 57.7 Å². The lowest BCUT2D eigenvalue weighted by Gasteiger charge is -2.28. The third-order valence-corrected chi connectivity index (χ3v) is 3.61. The van der Waals surface area contributed by atoms with Crippen LogP contribution >= 0.6 is 0 Å². The summed E-state index contributed by atoms with van der Waals surface area (Å²) in [5, 5.41) is 0. The molecule has 1 aliphatic rings. The van der Waals surface area contributed by atoms with E-state index in [1.54, 1.807) is 7.11 Å². The smallest absolute Gasteiger partial charge is 0.410 e. The van der Waals surface area contributed by atoms with Gasteiger partial charge in [0.25, 0.3) is 0 Å². The lowest BCUT2D eigenvalue weighted by Crippen LogP contribution is -2.40. The van der Waals surface area contributed by atoms with E-state index in [9.17, 15) is 4.79 Å². The van der Waals surface area contributed by atoms with Gasteiger partial charge in [-0.1, -0.05) is 12.1 Å². The monoisotopic (exact) mass is 291 g/mol. The number of rotatable bonds is 3. The number of amides is 1. The number of benzene rings is 1. The van der Waals surface area contributed by atoms with E-state index in [2.05, 4.69) is 6.07 Å². The Morgan fingerprint density at radius 2 is 2.14 bits per heavy atom. The van der Waals surface area contributed by atoms with E-state index in [-0.39, 0.29) is 12.1 Å². The Kier molecular flexibility index (Phi) is 4.76. The van der Waals surface area contributed by atoms with Gasteiger partial charge in [0.05, 0.1) is 7.11 Å². The number of nitrogens with zero attached hydrogens (tertiary/aromatic N) is 1. The molecule has 116 valence electrons. The Labute approximate surface area is 127 Å². The van der Waals surface area contributed by atoms with E-state index in [0.717, 1.165) is 31.6 Å². The van der Waals surface area contributed by atoms with Gasteiger partial charge in [-0.3, -0.25) is 0 Å². The molecule has 1 heterocycles. The van der Waals surface area contributed by atoms with Gasteiger partial charge in [0, 0.05) is 12.6 Å². The molecule has 1 aliphatic heterocycles. The van der Waals surface area contributed by atoms with Gasteiger partial charge in [0.1, 0.15) is 11.4 Å². The first-order valence-corrected chi connectivity index (χ1v) is 7.51. The van der Waals surface area contributed by atoms with Crippen molar-refractivity contribution in [2.24, 2.45) is 0 Å². The zero-order valence-corrected chi connectivity index (χ0v) is 13.4. The summed E-state index contributed by atoms with van der Waals surface area (Å²) in [4.78, 5) is 14.1. The molecule has 0 saturated carbocycles. The minimum absolute atomic E-state index is 0.201. The van der Waals surface area contributed by atoms with Gasteiger partial charge in [-0.25, -0.2) is 4.79 Å². The number of ether oxygens (including phenoxy) is 2. The van der Waals surface area contributed by atoms with Crippen LogP contribution in [0.2, 0.25) is 0 Å². The molecule has 21 heavy (non-hydrogen) atoms. The topological polar surface area (TPSA) is 38.8 Å². The fourth-order valence-corrected chi connectivity index (χ4v) is 2.68. The van der Waals surface area contributed by atoms with Gasteiger partial charge in [0.2, 0.25) is 0 Å². The number of likely N-dealkylation sites (tertiary alicyclic amines) is 1. The Bertz CT molecular complexity index is 493. The lowest BCUT2D eigenvalue weighted by atomic mass is 10.0. The fourth-order valence-electron chi connectivity index (χ4n) is 2.68. The van der Waals surface area contributed by atoms with E-state index in [0.29, 0.717) is 0 Å². The first-order chi connectivity index (χ1) is 9.89. The van der Waals surface area contributed by atoms with Gasteiger partial charge >= 0.3 is 6.09 Å². The predicted molar refractivity (Wildman–Crippen MR) is 82.7 cm³/mol. The average Bonchev–Trinajstić information content (AvgIpc) is 2.85. The van der Waals surface area contributed by atoms with E-state index >= 15 is 0 Å². The Balaban J connectivity index is 2.03. The predicted octanol–water partition coefficient (Wildman–Crippen LogP) is 3.64. The molecule has 4 nitrogen and oxygen atoms in total. The molecule has 1 saturated heterocycles. The summed E-state index contributed by atoms with van der Waals surface area (Å²) in [7, 11) is 1.67. The summed E-state index contributed by atoms with van der Waals surface area (Å²) in [5.74, 6) is 0.856. The minimum Gasteiger partial charge on any atom is -0.497 e. The molecule has 0 N–H and O–H groups in total. The second-order valence-corrected chi connectivity index (χ2v) is 6.53. The van der Waals surface area contributed by atoms with Crippen LogP contribution < -0.4 is 4.74 Å². The molecule has 1 unspecified atom stereocenters. The van der Waals surface area contributed by atoms with Crippen LogP contribution in [-0.2, 0) is 11.2 Å². The molecule has 2 rings (SSSR count). The maximum absolute atomic E-state index is 12.3. The highest BCUT2D eigenvalue weighted by molar-refractivity contribution is 5.69. The quantitative estimate of drug-likeness (QED) is 0.853. The van der Waals surface area contributed by atoms with Crippen molar-refractivity contribution in [2.75, 3.05) is 13.7 Å². The van der Waals surface area contributed by atoms with Gasteiger partial charge in [-0.2, -0.15) is 0 Å². The molecule has 0 bridgehead atoms. The number of carbonyl (C=O) groups is 1. The highest BCUT2D eigenvalue weighted by Gasteiger charge is 2.32. The van der Waals surface area contributed by atoms with E-state index < -0.39 is 5.60 Å². The van der Waals surface area contributed by atoms with Crippen LogP contribution in [-0.4, -0.2) is 36.3 Å². The molecule has 0 radical (unpaired) electrons. The number of methoxy groups -OCH3 is 1. The van der Waals surface area contributed by atoms with Crippen molar-refractivity contribution in [3.8, 4) is 5.75 Å². The number of hydrogen-bond donors (Lipinski definition) is 0. The van der Waals surface area contributed by atoms with Crippen LogP contribution in [0.25, 0.3) is 0 Å².